The molecule has 0 bridgehead atoms. The van der Waals surface area contributed by atoms with Gasteiger partial charge in [-0.25, -0.2) is 0 Å². The van der Waals surface area contributed by atoms with E-state index in [-0.39, 0.29) is 11.8 Å². The summed E-state index contributed by atoms with van der Waals surface area (Å²) in [6.07, 6.45) is 0.930. The quantitative estimate of drug-likeness (QED) is 0.690. The van der Waals surface area contributed by atoms with Crippen molar-refractivity contribution < 1.29 is 9.59 Å². The van der Waals surface area contributed by atoms with Crippen molar-refractivity contribution in [2.75, 3.05) is 52.1 Å². The molecule has 1 fully saturated rings. The summed E-state index contributed by atoms with van der Waals surface area (Å²) in [7, 11) is 3.53. The number of carbonyl (C=O) groups is 2. The van der Waals surface area contributed by atoms with Crippen LogP contribution >= 0.6 is 15.9 Å². The van der Waals surface area contributed by atoms with Gasteiger partial charge in [-0.15, -0.1) is 0 Å². The second kappa shape index (κ2) is 6.96. The van der Waals surface area contributed by atoms with Gasteiger partial charge in [-0.3, -0.25) is 14.5 Å². The molecule has 0 aromatic rings. The summed E-state index contributed by atoms with van der Waals surface area (Å²) in [6.45, 7) is 3.61. The molecule has 5 nitrogen and oxygen atoms in total. The number of carbonyl (C=O) groups excluding carboxylic acids is 2. The Morgan fingerprint density at radius 3 is 2.47 bits per heavy atom. The molecule has 0 unspecified atom stereocenters. The standard InChI is InChI=1S/C11H20BrN3O2/c1-13(2)11(17)9-14-4-3-5-15(7-6-14)10(16)8-12/h3-9H2,1-2H3. The maximum absolute atomic E-state index is 11.6. The molecule has 1 aliphatic rings. The van der Waals surface area contributed by atoms with Crippen LogP contribution in [0.5, 0.6) is 0 Å². The Morgan fingerprint density at radius 1 is 1.18 bits per heavy atom. The Labute approximate surface area is 111 Å². The number of nitrogens with zero attached hydrogens (tertiary/aromatic N) is 3. The molecule has 0 radical (unpaired) electrons. The van der Waals surface area contributed by atoms with E-state index in [9.17, 15) is 9.59 Å². The highest BCUT2D eigenvalue weighted by Gasteiger charge is 2.19. The number of amides is 2. The summed E-state index contributed by atoms with van der Waals surface area (Å²) >= 11 is 3.18. The van der Waals surface area contributed by atoms with Crippen molar-refractivity contribution in [3.8, 4) is 0 Å². The van der Waals surface area contributed by atoms with Crippen LogP contribution in [0.2, 0.25) is 0 Å². The lowest BCUT2D eigenvalue weighted by Gasteiger charge is -2.22. The van der Waals surface area contributed by atoms with E-state index in [0.717, 1.165) is 26.1 Å². The highest BCUT2D eigenvalue weighted by atomic mass is 79.9. The van der Waals surface area contributed by atoms with E-state index in [1.165, 1.54) is 0 Å². The Balaban J connectivity index is 2.42. The van der Waals surface area contributed by atoms with Crippen LogP contribution in [0, 0.1) is 0 Å². The van der Waals surface area contributed by atoms with Crippen LogP contribution in [0.15, 0.2) is 0 Å². The summed E-state index contributed by atoms with van der Waals surface area (Å²) in [6, 6.07) is 0. The van der Waals surface area contributed by atoms with Crippen molar-refractivity contribution in [3.63, 3.8) is 0 Å². The largest absolute Gasteiger partial charge is 0.348 e. The minimum atomic E-state index is 0.116. The van der Waals surface area contributed by atoms with Crippen LogP contribution in [0.25, 0.3) is 0 Å². The van der Waals surface area contributed by atoms with E-state index in [1.54, 1.807) is 19.0 Å². The fraction of sp³-hybridized carbons (Fsp3) is 0.818. The normalized spacial score (nSPS) is 17.7. The van der Waals surface area contributed by atoms with E-state index in [1.807, 2.05) is 4.90 Å². The number of likely N-dealkylation sites (N-methyl/N-ethyl adjacent to an activating group) is 1. The first-order chi connectivity index (χ1) is 8.04. The minimum absolute atomic E-state index is 0.116. The van der Waals surface area contributed by atoms with Gasteiger partial charge in [0.25, 0.3) is 0 Å². The topological polar surface area (TPSA) is 43.9 Å². The number of hydrogen-bond acceptors (Lipinski definition) is 3. The van der Waals surface area contributed by atoms with Crippen LogP contribution in [0.4, 0.5) is 0 Å². The lowest BCUT2D eigenvalue weighted by molar-refractivity contribution is -0.129. The average molecular weight is 306 g/mol. The zero-order valence-corrected chi connectivity index (χ0v) is 12.1. The monoisotopic (exact) mass is 305 g/mol. The fourth-order valence-corrected chi connectivity index (χ4v) is 2.15. The van der Waals surface area contributed by atoms with Gasteiger partial charge in [-0.05, 0) is 6.42 Å². The van der Waals surface area contributed by atoms with Crippen LogP contribution in [0.3, 0.4) is 0 Å². The fourth-order valence-electron chi connectivity index (χ4n) is 1.80. The highest BCUT2D eigenvalue weighted by Crippen LogP contribution is 2.04. The Morgan fingerprint density at radius 2 is 1.88 bits per heavy atom. The van der Waals surface area contributed by atoms with Crippen LogP contribution in [0.1, 0.15) is 6.42 Å². The molecule has 17 heavy (non-hydrogen) atoms. The predicted octanol–water partition coefficient (Wildman–Crippen LogP) is 0.00380. The molecule has 0 aromatic carbocycles. The predicted molar refractivity (Wildman–Crippen MR) is 70.1 cm³/mol. The molecule has 0 N–H and O–H groups in total. The summed E-state index contributed by atoms with van der Waals surface area (Å²) < 4.78 is 0. The number of rotatable bonds is 3. The van der Waals surface area contributed by atoms with Crippen molar-refractivity contribution in [1.29, 1.82) is 0 Å². The highest BCUT2D eigenvalue weighted by molar-refractivity contribution is 9.09. The smallest absolute Gasteiger partial charge is 0.236 e. The molecule has 0 spiro atoms. The van der Waals surface area contributed by atoms with Gasteiger partial charge in [0.1, 0.15) is 0 Å². The Kier molecular flexibility index (Phi) is 5.91. The first-order valence-corrected chi connectivity index (χ1v) is 6.93. The molecule has 6 heteroatoms. The van der Waals surface area contributed by atoms with Gasteiger partial charge in [-0.1, -0.05) is 15.9 Å². The van der Waals surface area contributed by atoms with Crippen LogP contribution in [-0.4, -0.2) is 78.7 Å². The number of alkyl halides is 1. The van der Waals surface area contributed by atoms with Crippen molar-refractivity contribution in [3.05, 3.63) is 0 Å². The minimum Gasteiger partial charge on any atom is -0.348 e. The third-order valence-corrected chi connectivity index (χ3v) is 3.39. The van der Waals surface area contributed by atoms with E-state index in [2.05, 4.69) is 20.8 Å². The summed E-state index contributed by atoms with van der Waals surface area (Å²) in [5.74, 6) is 0.246. The van der Waals surface area contributed by atoms with Crippen LogP contribution in [-0.2, 0) is 9.59 Å². The van der Waals surface area contributed by atoms with Crippen LogP contribution < -0.4 is 0 Å². The Bertz CT molecular complexity index is 284. The molecule has 0 aromatic heterocycles. The SMILES string of the molecule is CN(C)C(=O)CN1CCCN(C(=O)CBr)CC1. The van der Waals surface area contributed by atoms with Gasteiger partial charge in [0.05, 0.1) is 11.9 Å². The zero-order valence-electron chi connectivity index (χ0n) is 10.5. The molecule has 1 heterocycles. The Hall–Kier alpha value is -0.620. The molecule has 1 aliphatic heterocycles. The molecule has 1 saturated heterocycles. The zero-order chi connectivity index (χ0) is 12.8. The first-order valence-electron chi connectivity index (χ1n) is 5.81. The molecule has 2 amide bonds. The van der Waals surface area contributed by atoms with Crippen molar-refractivity contribution in [2.45, 2.75) is 6.42 Å². The van der Waals surface area contributed by atoms with Crippen molar-refractivity contribution in [2.24, 2.45) is 0 Å². The second-order valence-corrected chi connectivity index (χ2v) is 4.99. The van der Waals surface area contributed by atoms with Gasteiger partial charge in [-0.2, -0.15) is 0 Å². The van der Waals surface area contributed by atoms with Gasteiger partial charge in [0.2, 0.25) is 11.8 Å². The summed E-state index contributed by atoms with van der Waals surface area (Å²) in [4.78, 5) is 28.7. The van der Waals surface area contributed by atoms with E-state index in [0.29, 0.717) is 18.4 Å². The van der Waals surface area contributed by atoms with Crippen molar-refractivity contribution >= 4 is 27.7 Å². The maximum Gasteiger partial charge on any atom is 0.236 e. The van der Waals surface area contributed by atoms with Gasteiger partial charge in [0, 0.05) is 40.3 Å². The molecule has 0 saturated carbocycles. The van der Waals surface area contributed by atoms with E-state index < -0.39 is 0 Å². The summed E-state index contributed by atoms with van der Waals surface area (Å²) in [5.41, 5.74) is 0. The lowest BCUT2D eigenvalue weighted by atomic mass is 10.3. The molecular weight excluding hydrogens is 286 g/mol. The number of halogens is 1. The molecular formula is C11H20BrN3O2. The van der Waals surface area contributed by atoms with Gasteiger partial charge in [0.15, 0.2) is 0 Å². The molecule has 98 valence electrons. The van der Waals surface area contributed by atoms with Crippen molar-refractivity contribution in [1.82, 2.24) is 14.7 Å². The van der Waals surface area contributed by atoms with Gasteiger partial charge >= 0.3 is 0 Å². The maximum atomic E-state index is 11.6. The number of hydrogen-bond donors (Lipinski definition) is 0. The molecule has 1 rings (SSSR count). The van der Waals surface area contributed by atoms with E-state index in [4.69, 9.17) is 0 Å². The third kappa shape index (κ3) is 4.63. The molecule has 0 atom stereocenters. The third-order valence-electron chi connectivity index (χ3n) is 2.91. The lowest BCUT2D eigenvalue weighted by Crippen LogP contribution is -2.39. The second-order valence-electron chi connectivity index (χ2n) is 4.43. The van der Waals surface area contributed by atoms with Gasteiger partial charge < -0.3 is 9.80 Å². The summed E-state index contributed by atoms with van der Waals surface area (Å²) in [5, 5.41) is 0.379. The molecule has 0 aliphatic carbocycles. The average Bonchev–Trinajstić information content (AvgIpc) is 2.53. The first kappa shape index (κ1) is 14.4. The van der Waals surface area contributed by atoms with E-state index >= 15 is 0 Å².